The van der Waals surface area contributed by atoms with E-state index in [-0.39, 0.29) is 0 Å². The minimum atomic E-state index is 0.924. The summed E-state index contributed by atoms with van der Waals surface area (Å²) < 4.78 is 0. The fraction of sp³-hybridized carbons (Fsp3) is 0.167. The second kappa shape index (κ2) is 8.88. The predicted molar refractivity (Wildman–Crippen MR) is 109 cm³/mol. The molecule has 2 aromatic rings. The van der Waals surface area contributed by atoms with Crippen molar-refractivity contribution in [3.8, 4) is 0 Å². The van der Waals surface area contributed by atoms with Crippen LogP contribution in [0.25, 0.3) is 22.9 Å². The van der Waals surface area contributed by atoms with Crippen LogP contribution in [0.2, 0.25) is 0 Å². The molecule has 0 heterocycles. The van der Waals surface area contributed by atoms with Crippen molar-refractivity contribution in [3.05, 3.63) is 94.9 Å². The van der Waals surface area contributed by atoms with Crippen molar-refractivity contribution in [2.24, 2.45) is 0 Å². The van der Waals surface area contributed by atoms with E-state index in [9.17, 15) is 0 Å². The first kappa shape index (κ1) is 17.7. The Morgan fingerprint density at radius 3 is 2.29 bits per heavy atom. The third-order valence-electron chi connectivity index (χ3n) is 4.10. The lowest BCUT2D eigenvalue weighted by atomic mass is 10.0. The number of allylic oxidation sites excluding steroid dienone is 7. The van der Waals surface area contributed by atoms with Crippen molar-refractivity contribution in [1.82, 2.24) is 0 Å². The van der Waals surface area contributed by atoms with Gasteiger partial charge in [-0.25, -0.2) is 0 Å². The molecule has 0 fully saturated rings. The predicted octanol–water partition coefficient (Wildman–Crippen LogP) is 5.45. The Balaban J connectivity index is 2.34. The Labute approximate surface area is 145 Å². The van der Waals surface area contributed by atoms with Crippen molar-refractivity contribution in [2.75, 3.05) is 0 Å². The van der Waals surface area contributed by atoms with Gasteiger partial charge in [-0.2, -0.15) is 0 Å². The molecular formula is C24H26. The van der Waals surface area contributed by atoms with Crippen LogP contribution in [-0.2, 0) is 0 Å². The molecule has 0 spiro atoms. The van der Waals surface area contributed by atoms with Crippen LogP contribution in [0.15, 0.2) is 84.5 Å². The Bertz CT molecular complexity index is 918. The first-order valence-electron chi connectivity index (χ1n) is 8.46. The Morgan fingerprint density at radius 1 is 1.00 bits per heavy atom. The van der Waals surface area contributed by atoms with Crippen LogP contribution in [0.4, 0.5) is 0 Å². The summed E-state index contributed by atoms with van der Waals surface area (Å²) >= 11 is 0. The number of fused-ring (bicyclic) bond motifs is 1. The van der Waals surface area contributed by atoms with E-state index < -0.39 is 0 Å². The molecule has 2 aromatic carbocycles. The summed E-state index contributed by atoms with van der Waals surface area (Å²) in [6.07, 6.45) is 15.8. The molecule has 0 radical (unpaired) electrons. The van der Waals surface area contributed by atoms with Crippen LogP contribution < -0.4 is 10.4 Å². The van der Waals surface area contributed by atoms with E-state index in [2.05, 4.69) is 87.2 Å². The van der Waals surface area contributed by atoms with E-state index in [1.807, 2.05) is 19.1 Å². The lowest BCUT2D eigenvalue weighted by Gasteiger charge is -2.02. The number of hydrogen-bond acceptors (Lipinski definition) is 0. The van der Waals surface area contributed by atoms with Gasteiger partial charge in [0.1, 0.15) is 0 Å². The van der Waals surface area contributed by atoms with Gasteiger partial charge < -0.3 is 0 Å². The van der Waals surface area contributed by atoms with Gasteiger partial charge in [0.15, 0.2) is 0 Å². The first-order chi connectivity index (χ1) is 11.7. The molecule has 0 aromatic heterocycles. The Morgan fingerprint density at radius 2 is 1.67 bits per heavy atom. The Kier molecular flexibility index (Phi) is 6.57. The van der Waals surface area contributed by atoms with Gasteiger partial charge in [-0.1, -0.05) is 67.3 Å². The second-order valence-electron chi connectivity index (χ2n) is 5.86. The van der Waals surface area contributed by atoms with Gasteiger partial charge in [-0.05, 0) is 77.8 Å². The maximum Gasteiger partial charge on any atom is -0.0160 e. The highest BCUT2D eigenvalue weighted by Crippen LogP contribution is 2.11. The lowest BCUT2D eigenvalue weighted by Crippen LogP contribution is -2.24. The Hall–Kier alpha value is -2.60. The maximum atomic E-state index is 4.24. The smallest absolute Gasteiger partial charge is 0.0160 e. The standard InChI is InChI=1S/C24H26/c1-5-7-8-9-10-13-19(3)20(4)16-24-18-23-15-12-11-14-22(23)17-21(24)6-2/h5-9,11-18H,4,10H2,1-3H3/b7-5-,9-8+,19-13+,21-6-,24-16-. The van der Waals surface area contributed by atoms with E-state index in [0.717, 1.165) is 12.0 Å². The van der Waals surface area contributed by atoms with Crippen molar-refractivity contribution >= 4 is 22.9 Å². The van der Waals surface area contributed by atoms with Gasteiger partial charge in [-0.15, -0.1) is 0 Å². The SMILES string of the molecule is C=C(/C=c1/cc2ccccc2c/c1=C/C)/C(C)=C/C/C=C/C=C\C. The topological polar surface area (TPSA) is 0 Å². The van der Waals surface area contributed by atoms with E-state index >= 15 is 0 Å². The molecule has 0 bridgehead atoms. The second-order valence-corrected chi connectivity index (χ2v) is 5.86. The molecule has 0 saturated carbocycles. The zero-order valence-electron chi connectivity index (χ0n) is 14.9. The summed E-state index contributed by atoms with van der Waals surface area (Å²) in [4.78, 5) is 0. The normalized spacial score (nSPS) is 14.4. The third kappa shape index (κ3) is 4.70. The van der Waals surface area contributed by atoms with Gasteiger partial charge in [-0.3, -0.25) is 0 Å². The highest BCUT2D eigenvalue weighted by molar-refractivity contribution is 5.83. The molecule has 0 aliphatic carbocycles. The molecule has 0 unspecified atom stereocenters. The molecule has 0 atom stereocenters. The van der Waals surface area contributed by atoms with E-state index in [1.54, 1.807) is 0 Å². The van der Waals surface area contributed by atoms with E-state index in [0.29, 0.717) is 0 Å². The molecule has 0 nitrogen and oxygen atoms in total. The van der Waals surface area contributed by atoms with Gasteiger partial charge in [0, 0.05) is 0 Å². The largest absolute Gasteiger partial charge is 0.0915 e. The van der Waals surface area contributed by atoms with Crippen LogP contribution >= 0.6 is 0 Å². The lowest BCUT2D eigenvalue weighted by molar-refractivity contribution is 1.31. The number of hydrogen-bond donors (Lipinski definition) is 0. The monoisotopic (exact) mass is 314 g/mol. The fourth-order valence-corrected chi connectivity index (χ4v) is 2.60. The van der Waals surface area contributed by atoms with E-state index in [4.69, 9.17) is 0 Å². The van der Waals surface area contributed by atoms with Crippen molar-refractivity contribution in [3.63, 3.8) is 0 Å². The number of benzene rings is 2. The van der Waals surface area contributed by atoms with Gasteiger partial charge in [0.2, 0.25) is 0 Å². The summed E-state index contributed by atoms with van der Waals surface area (Å²) in [6, 6.07) is 13.0. The molecular weight excluding hydrogens is 288 g/mol. The third-order valence-corrected chi connectivity index (χ3v) is 4.10. The summed E-state index contributed by atoms with van der Waals surface area (Å²) in [5.41, 5.74) is 2.28. The van der Waals surface area contributed by atoms with Gasteiger partial charge >= 0.3 is 0 Å². The quantitative estimate of drug-likeness (QED) is 0.644. The van der Waals surface area contributed by atoms with Crippen molar-refractivity contribution in [1.29, 1.82) is 0 Å². The average molecular weight is 314 g/mol. The maximum absolute atomic E-state index is 4.24. The van der Waals surface area contributed by atoms with Crippen LogP contribution in [0.1, 0.15) is 27.2 Å². The van der Waals surface area contributed by atoms with E-state index in [1.165, 1.54) is 26.8 Å². The molecule has 24 heavy (non-hydrogen) atoms. The minimum Gasteiger partial charge on any atom is -0.0915 e. The van der Waals surface area contributed by atoms with Gasteiger partial charge in [0.05, 0.1) is 0 Å². The summed E-state index contributed by atoms with van der Waals surface area (Å²) in [5, 5.41) is 5.00. The zero-order chi connectivity index (χ0) is 17.4. The highest BCUT2D eigenvalue weighted by atomic mass is 14.0. The molecule has 0 heteroatoms. The summed E-state index contributed by atoms with van der Waals surface area (Å²) in [7, 11) is 0. The number of rotatable bonds is 5. The summed E-state index contributed by atoms with van der Waals surface area (Å²) in [6.45, 7) is 10.5. The molecule has 0 amide bonds. The average Bonchev–Trinajstić information content (AvgIpc) is 2.60. The van der Waals surface area contributed by atoms with Crippen LogP contribution in [0.5, 0.6) is 0 Å². The molecule has 2 rings (SSSR count). The van der Waals surface area contributed by atoms with Crippen LogP contribution in [0, 0.1) is 0 Å². The fourth-order valence-electron chi connectivity index (χ4n) is 2.60. The molecule has 0 saturated heterocycles. The molecule has 0 aliphatic rings. The highest BCUT2D eigenvalue weighted by Gasteiger charge is 1.96. The summed E-state index contributed by atoms with van der Waals surface area (Å²) in [5.74, 6) is 0. The molecule has 0 N–H and O–H groups in total. The zero-order valence-corrected chi connectivity index (χ0v) is 14.9. The first-order valence-corrected chi connectivity index (χ1v) is 8.46. The van der Waals surface area contributed by atoms with Crippen molar-refractivity contribution < 1.29 is 0 Å². The minimum absolute atomic E-state index is 0.924. The van der Waals surface area contributed by atoms with Crippen molar-refractivity contribution in [2.45, 2.75) is 27.2 Å². The van der Waals surface area contributed by atoms with Gasteiger partial charge in [0.25, 0.3) is 0 Å². The molecule has 122 valence electrons. The van der Waals surface area contributed by atoms with Crippen LogP contribution in [-0.4, -0.2) is 0 Å². The molecule has 0 aliphatic heterocycles. The van der Waals surface area contributed by atoms with Crippen LogP contribution in [0.3, 0.4) is 0 Å².